The van der Waals surface area contributed by atoms with Crippen molar-refractivity contribution in [3.63, 3.8) is 0 Å². The molecule has 1 aliphatic heterocycles. The summed E-state index contributed by atoms with van der Waals surface area (Å²) in [6.07, 6.45) is 2.59. The number of phenolic OH excluding ortho intramolecular Hbond substituents is 2. The number of carbonyl (C=O) groups is 3. The third kappa shape index (κ3) is 4.12. The highest BCUT2D eigenvalue weighted by atomic mass is 35.5. The standard InChI is InChI=1S/C24H15Cl2N5O5/c25-12-7-13(26)9-15(8-12)30-24(36)29-14-3-1-2-11(6-14)10-31-22(34)16-17(23(31)35)21(33)19-18(20(16)32)27-4-5-28-19/h1-9,32-33H,10H2,(H2,29,30,36). The third-order valence-corrected chi connectivity index (χ3v) is 5.87. The van der Waals surface area contributed by atoms with Crippen LogP contribution in [-0.2, 0) is 6.54 Å². The molecule has 0 unspecified atom stereocenters. The van der Waals surface area contributed by atoms with Crippen LogP contribution in [0.5, 0.6) is 11.5 Å². The van der Waals surface area contributed by atoms with Gasteiger partial charge in [-0.1, -0.05) is 35.3 Å². The van der Waals surface area contributed by atoms with Crippen molar-refractivity contribution in [1.29, 1.82) is 0 Å². The fourth-order valence-electron chi connectivity index (χ4n) is 3.93. The molecule has 3 aromatic carbocycles. The van der Waals surface area contributed by atoms with Gasteiger partial charge in [0.1, 0.15) is 22.2 Å². The Hall–Kier alpha value is -4.41. The maximum absolute atomic E-state index is 13.0. The molecule has 4 N–H and O–H groups in total. The van der Waals surface area contributed by atoms with E-state index in [0.29, 0.717) is 27.0 Å². The molecule has 180 valence electrons. The lowest BCUT2D eigenvalue weighted by Crippen LogP contribution is -2.29. The zero-order valence-electron chi connectivity index (χ0n) is 18.1. The maximum Gasteiger partial charge on any atom is 0.323 e. The molecule has 0 saturated heterocycles. The Morgan fingerprint density at radius 3 is 1.97 bits per heavy atom. The first-order valence-corrected chi connectivity index (χ1v) is 11.2. The highest BCUT2D eigenvalue weighted by Gasteiger charge is 2.42. The zero-order chi connectivity index (χ0) is 25.6. The Morgan fingerprint density at radius 2 is 1.39 bits per heavy atom. The van der Waals surface area contributed by atoms with Crippen molar-refractivity contribution in [3.8, 4) is 11.5 Å². The largest absolute Gasteiger partial charge is 0.505 e. The zero-order valence-corrected chi connectivity index (χ0v) is 19.6. The summed E-state index contributed by atoms with van der Waals surface area (Å²) in [5.74, 6) is -2.63. The topological polar surface area (TPSA) is 145 Å². The van der Waals surface area contributed by atoms with Gasteiger partial charge in [-0.15, -0.1) is 0 Å². The molecular weight excluding hydrogens is 509 g/mol. The fourth-order valence-corrected chi connectivity index (χ4v) is 4.46. The van der Waals surface area contributed by atoms with Crippen LogP contribution in [0.2, 0.25) is 10.0 Å². The van der Waals surface area contributed by atoms with Gasteiger partial charge >= 0.3 is 6.03 Å². The van der Waals surface area contributed by atoms with Gasteiger partial charge in [-0.2, -0.15) is 0 Å². The summed E-state index contributed by atoms with van der Waals surface area (Å²) >= 11 is 11.9. The first-order chi connectivity index (χ1) is 17.2. The molecule has 12 heteroatoms. The first kappa shape index (κ1) is 23.3. The number of nitrogens with one attached hydrogen (secondary N) is 2. The summed E-state index contributed by atoms with van der Waals surface area (Å²) in [4.78, 5) is 47.3. The van der Waals surface area contributed by atoms with Crippen molar-refractivity contribution in [2.24, 2.45) is 0 Å². The molecule has 0 saturated carbocycles. The van der Waals surface area contributed by atoms with Crippen LogP contribution in [0, 0.1) is 0 Å². The lowest BCUT2D eigenvalue weighted by Gasteiger charge is -2.15. The number of fused-ring (bicyclic) bond motifs is 2. The van der Waals surface area contributed by atoms with E-state index in [0.717, 1.165) is 4.90 Å². The van der Waals surface area contributed by atoms with E-state index in [1.165, 1.54) is 30.6 Å². The van der Waals surface area contributed by atoms with Gasteiger partial charge in [-0.05, 0) is 35.9 Å². The maximum atomic E-state index is 13.0. The summed E-state index contributed by atoms with van der Waals surface area (Å²) in [5, 5.41) is 27.1. The number of halogens is 2. The Bertz CT molecular complexity index is 1510. The average molecular weight is 524 g/mol. The molecule has 0 fully saturated rings. The molecule has 1 aliphatic rings. The second-order valence-electron chi connectivity index (χ2n) is 7.83. The van der Waals surface area contributed by atoms with Gasteiger partial charge < -0.3 is 20.8 Å². The molecule has 0 aliphatic carbocycles. The number of aromatic hydroxyl groups is 2. The minimum Gasteiger partial charge on any atom is -0.505 e. The van der Waals surface area contributed by atoms with E-state index in [1.54, 1.807) is 24.3 Å². The van der Waals surface area contributed by atoms with Gasteiger partial charge in [0.05, 0.1) is 6.54 Å². The van der Waals surface area contributed by atoms with E-state index >= 15 is 0 Å². The molecule has 0 bridgehead atoms. The van der Waals surface area contributed by atoms with Crippen molar-refractivity contribution in [2.45, 2.75) is 6.54 Å². The molecule has 36 heavy (non-hydrogen) atoms. The van der Waals surface area contributed by atoms with Crippen molar-refractivity contribution in [3.05, 3.63) is 81.6 Å². The highest BCUT2D eigenvalue weighted by molar-refractivity contribution is 6.35. The summed E-state index contributed by atoms with van der Waals surface area (Å²) < 4.78 is 0. The first-order valence-electron chi connectivity index (χ1n) is 10.4. The van der Waals surface area contributed by atoms with E-state index in [2.05, 4.69) is 20.6 Å². The number of imide groups is 1. The molecule has 0 atom stereocenters. The molecule has 4 aromatic rings. The molecule has 0 spiro atoms. The fraction of sp³-hybridized carbons (Fsp3) is 0.0417. The third-order valence-electron chi connectivity index (χ3n) is 5.43. The van der Waals surface area contributed by atoms with Gasteiger partial charge in [-0.3, -0.25) is 14.5 Å². The molecule has 5 rings (SSSR count). The molecule has 1 aromatic heterocycles. The Balaban J connectivity index is 1.36. The number of hydrogen-bond acceptors (Lipinski definition) is 7. The van der Waals surface area contributed by atoms with Crippen molar-refractivity contribution in [2.75, 3.05) is 10.6 Å². The van der Waals surface area contributed by atoms with Crippen LogP contribution in [0.25, 0.3) is 11.0 Å². The molecule has 10 nitrogen and oxygen atoms in total. The number of urea groups is 1. The number of nitrogens with zero attached hydrogens (tertiary/aromatic N) is 3. The van der Waals surface area contributed by atoms with Crippen LogP contribution in [0.3, 0.4) is 0 Å². The van der Waals surface area contributed by atoms with E-state index in [-0.39, 0.29) is 28.7 Å². The molecule has 0 radical (unpaired) electrons. The number of carbonyl (C=O) groups excluding carboxylic acids is 3. The number of rotatable bonds is 4. The van der Waals surface area contributed by atoms with Gasteiger partial charge in [0.2, 0.25) is 0 Å². The lowest BCUT2D eigenvalue weighted by atomic mass is 10.1. The van der Waals surface area contributed by atoms with E-state index < -0.39 is 29.3 Å². The number of benzene rings is 3. The summed E-state index contributed by atoms with van der Waals surface area (Å²) in [6.45, 7) is -0.177. The van der Waals surface area contributed by atoms with Crippen LogP contribution in [0.4, 0.5) is 16.2 Å². The quantitative estimate of drug-likeness (QED) is 0.222. The van der Waals surface area contributed by atoms with Crippen molar-refractivity contribution in [1.82, 2.24) is 14.9 Å². The normalized spacial score (nSPS) is 12.7. The SMILES string of the molecule is O=C(Nc1cc(Cl)cc(Cl)c1)Nc1cccc(CN2C(=O)c3c(c(O)c4nccnc4c3O)C2=O)c1. The average Bonchev–Trinajstić information content (AvgIpc) is 3.07. The van der Waals surface area contributed by atoms with Crippen LogP contribution in [-0.4, -0.2) is 42.9 Å². The van der Waals surface area contributed by atoms with E-state index in [9.17, 15) is 24.6 Å². The number of aromatic nitrogens is 2. The summed E-state index contributed by atoms with van der Waals surface area (Å²) in [7, 11) is 0. The predicted molar refractivity (Wildman–Crippen MR) is 133 cm³/mol. The second-order valence-corrected chi connectivity index (χ2v) is 8.71. The lowest BCUT2D eigenvalue weighted by molar-refractivity contribution is 0.0641. The van der Waals surface area contributed by atoms with Crippen LogP contribution < -0.4 is 10.6 Å². The number of amides is 4. The molecule has 4 amide bonds. The van der Waals surface area contributed by atoms with E-state index in [1.807, 2.05) is 0 Å². The Kier molecular flexibility index (Phi) is 5.83. The van der Waals surface area contributed by atoms with Gasteiger partial charge in [0.15, 0.2) is 11.5 Å². The summed E-state index contributed by atoms with van der Waals surface area (Å²) in [5.41, 5.74) is 0.444. The molecule has 2 heterocycles. The minimum absolute atomic E-state index is 0.0880. The highest BCUT2D eigenvalue weighted by Crippen LogP contribution is 2.42. The van der Waals surface area contributed by atoms with Gasteiger partial charge in [0.25, 0.3) is 11.8 Å². The van der Waals surface area contributed by atoms with Crippen LogP contribution >= 0.6 is 23.2 Å². The van der Waals surface area contributed by atoms with Crippen molar-refractivity contribution >= 4 is 63.5 Å². The van der Waals surface area contributed by atoms with Gasteiger partial charge in [0, 0.05) is 33.8 Å². The second kappa shape index (κ2) is 8.99. The number of anilines is 2. The van der Waals surface area contributed by atoms with Crippen LogP contribution in [0.15, 0.2) is 54.9 Å². The smallest absolute Gasteiger partial charge is 0.323 e. The predicted octanol–water partition coefficient (Wildman–Crippen LogP) is 4.79. The van der Waals surface area contributed by atoms with E-state index in [4.69, 9.17) is 23.2 Å². The number of phenols is 2. The summed E-state index contributed by atoms with van der Waals surface area (Å²) in [6, 6.07) is 10.5. The Morgan fingerprint density at radius 1 is 0.833 bits per heavy atom. The van der Waals surface area contributed by atoms with Crippen LogP contribution in [0.1, 0.15) is 26.3 Å². The van der Waals surface area contributed by atoms with Gasteiger partial charge in [-0.25, -0.2) is 14.8 Å². The minimum atomic E-state index is -0.788. The Labute approximate surface area is 213 Å². The monoisotopic (exact) mass is 523 g/mol. The number of hydrogen-bond donors (Lipinski definition) is 4. The van der Waals surface area contributed by atoms with Crippen molar-refractivity contribution < 1.29 is 24.6 Å². The molecular formula is C24H15Cl2N5O5.